The first-order valence-corrected chi connectivity index (χ1v) is 9.85. The third-order valence-corrected chi connectivity index (χ3v) is 5.15. The van der Waals surface area contributed by atoms with E-state index in [1.54, 1.807) is 29.8 Å². The van der Waals surface area contributed by atoms with Crippen LogP contribution >= 0.6 is 11.3 Å². The van der Waals surface area contributed by atoms with Crippen LogP contribution in [0.3, 0.4) is 0 Å². The van der Waals surface area contributed by atoms with Gasteiger partial charge in [-0.05, 0) is 48.6 Å². The molecule has 144 valence electrons. The van der Waals surface area contributed by atoms with Gasteiger partial charge in [0.2, 0.25) is 5.91 Å². The number of hydrogen-bond donors (Lipinski definition) is 2. The molecule has 2 N–H and O–H groups in total. The Bertz CT molecular complexity index is 992. The zero-order valence-electron chi connectivity index (χ0n) is 14.9. The van der Waals surface area contributed by atoms with Crippen LogP contribution < -0.4 is 10.6 Å². The number of carbonyl (C=O) groups is 2. The number of hydrogen-bond acceptors (Lipinski definition) is 5. The van der Waals surface area contributed by atoms with Crippen molar-refractivity contribution < 1.29 is 18.4 Å². The fraction of sp³-hybridized carbons (Fsp3) is 0.250. The number of nitrogens with zero attached hydrogens (tertiary/aromatic N) is 1. The number of aromatic nitrogens is 1. The lowest BCUT2D eigenvalue weighted by molar-refractivity contribution is -0.116. The van der Waals surface area contributed by atoms with Crippen LogP contribution in [0.4, 0.5) is 9.39 Å². The molecule has 1 saturated carbocycles. The van der Waals surface area contributed by atoms with Gasteiger partial charge in [-0.2, -0.15) is 0 Å². The Hall–Kier alpha value is -3.00. The highest BCUT2D eigenvalue weighted by molar-refractivity contribution is 7.14. The molecule has 0 atom stereocenters. The largest absolute Gasteiger partial charge is 0.441 e. The summed E-state index contributed by atoms with van der Waals surface area (Å²) in [6.45, 7) is 0. The molecule has 0 spiro atoms. The summed E-state index contributed by atoms with van der Waals surface area (Å²) in [6, 6.07) is 7.89. The summed E-state index contributed by atoms with van der Waals surface area (Å²) in [5.41, 5.74) is 1.20. The number of thiophene rings is 1. The summed E-state index contributed by atoms with van der Waals surface area (Å²) in [5.74, 6) is 0.249. The minimum atomic E-state index is -0.320. The molecule has 2 heterocycles. The van der Waals surface area contributed by atoms with E-state index in [9.17, 15) is 14.0 Å². The fourth-order valence-electron chi connectivity index (χ4n) is 2.66. The predicted octanol–water partition coefficient (Wildman–Crippen LogP) is 4.01. The third kappa shape index (κ3) is 4.45. The summed E-state index contributed by atoms with van der Waals surface area (Å²) < 4.78 is 18.6. The maximum absolute atomic E-state index is 13.0. The Morgan fingerprint density at radius 3 is 2.75 bits per heavy atom. The van der Waals surface area contributed by atoms with E-state index in [0.717, 1.165) is 18.4 Å². The maximum Gasteiger partial charge on any atom is 0.254 e. The van der Waals surface area contributed by atoms with Crippen LogP contribution in [-0.4, -0.2) is 22.8 Å². The predicted molar refractivity (Wildman–Crippen MR) is 104 cm³/mol. The van der Waals surface area contributed by atoms with Gasteiger partial charge in [0.15, 0.2) is 11.7 Å². The van der Waals surface area contributed by atoms with Crippen LogP contribution in [0.1, 0.15) is 35.5 Å². The van der Waals surface area contributed by atoms with Crippen LogP contribution in [0.5, 0.6) is 0 Å². The smallest absolute Gasteiger partial charge is 0.254 e. The van der Waals surface area contributed by atoms with E-state index in [2.05, 4.69) is 15.6 Å². The van der Waals surface area contributed by atoms with Gasteiger partial charge in [-0.15, -0.1) is 11.3 Å². The third-order valence-electron chi connectivity index (χ3n) is 4.32. The van der Waals surface area contributed by atoms with Crippen molar-refractivity contribution in [1.82, 2.24) is 10.3 Å². The normalized spacial score (nSPS) is 13.3. The van der Waals surface area contributed by atoms with Gasteiger partial charge in [0, 0.05) is 24.4 Å². The minimum absolute atomic E-state index is 0.157. The van der Waals surface area contributed by atoms with Crippen molar-refractivity contribution in [1.29, 1.82) is 0 Å². The molecular formula is C20H18FN3O3S. The van der Waals surface area contributed by atoms with E-state index in [-0.39, 0.29) is 30.1 Å². The molecule has 8 heteroatoms. The van der Waals surface area contributed by atoms with E-state index in [1.165, 1.54) is 23.5 Å². The Kier molecular flexibility index (Phi) is 5.21. The monoisotopic (exact) mass is 399 g/mol. The van der Waals surface area contributed by atoms with Crippen LogP contribution in [0.2, 0.25) is 0 Å². The first-order chi connectivity index (χ1) is 13.6. The van der Waals surface area contributed by atoms with Gasteiger partial charge in [-0.25, -0.2) is 9.37 Å². The summed E-state index contributed by atoms with van der Waals surface area (Å²) >= 11 is 1.32. The second-order valence-electron chi connectivity index (χ2n) is 6.58. The van der Waals surface area contributed by atoms with Crippen molar-refractivity contribution >= 4 is 28.2 Å². The van der Waals surface area contributed by atoms with Crippen LogP contribution in [-0.2, 0) is 11.2 Å². The van der Waals surface area contributed by atoms with E-state index in [4.69, 9.17) is 4.42 Å². The van der Waals surface area contributed by atoms with Gasteiger partial charge in [0.1, 0.15) is 10.8 Å². The van der Waals surface area contributed by atoms with Gasteiger partial charge < -0.3 is 15.1 Å². The second-order valence-corrected chi connectivity index (χ2v) is 7.50. The SMILES string of the molecule is O=C(CCc1ncc(-c2ccc(F)cc2)o1)Nc1sccc1C(=O)NC1CC1. The Morgan fingerprint density at radius 1 is 1.21 bits per heavy atom. The first-order valence-electron chi connectivity index (χ1n) is 8.97. The number of rotatable bonds is 7. The first kappa shape index (κ1) is 18.4. The highest BCUT2D eigenvalue weighted by Crippen LogP contribution is 2.26. The van der Waals surface area contributed by atoms with Gasteiger partial charge in [0.25, 0.3) is 5.91 Å². The van der Waals surface area contributed by atoms with Crippen LogP contribution in [0, 0.1) is 5.82 Å². The number of benzene rings is 1. The molecule has 1 aliphatic carbocycles. The van der Waals surface area contributed by atoms with E-state index < -0.39 is 0 Å². The molecule has 0 radical (unpaired) electrons. The van der Waals surface area contributed by atoms with Crippen molar-refractivity contribution in [2.24, 2.45) is 0 Å². The summed E-state index contributed by atoms with van der Waals surface area (Å²) in [7, 11) is 0. The lowest BCUT2D eigenvalue weighted by Gasteiger charge is -2.06. The molecule has 0 unspecified atom stereocenters. The van der Waals surface area contributed by atoms with E-state index >= 15 is 0 Å². The molecule has 4 rings (SSSR count). The maximum atomic E-state index is 13.0. The van der Waals surface area contributed by atoms with Crippen molar-refractivity contribution in [3.05, 3.63) is 59.2 Å². The van der Waals surface area contributed by atoms with E-state index in [1.807, 2.05) is 0 Å². The molecule has 1 fully saturated rings. The average molecular weight is 399 g/mol. The molecule has 28 heavy (non-hydrogen) atoms. The number of nitrogens with one attached hydrogen (secondary N) is 2. The van der Waals surface area contributed by atoms with Gasteiger partial charge in [0.05, 0.1) is 11.8 Å². The van der Waals surface area contributed by atoms with Gasteiger partial charge in [-0.3, -0.25) is 9.59 Å². The Balaban J connectivity index is 1.32. The standard InChI is InChI=1S/C20H18FN3O3S/c21-13-3-1-12(2-4-13)16-11-22-18(27-16)8-7-17(25)24-20-15(9-10-28-20)19(26)23-14-5-6-14/h1-4,9-11,14H,5-8H2,(H,23,26)(H,24,25). The molecule has 2 aromatic heterocycles. The number of oxazole rings is 1. The van der Waals surface area contributed by atoms with E-state index in [0.29, 0.717) is 28.6 Å². The number of anilines is 1. The van der Waals surface area contributed by atoms with Crippen LogP contribution in [0.25, 0.3) is 11.3 Å². The zero-order valence-corrected chi connectivity index (χ0v) is 15.7. The molecule has 1 aromatic carbocycles. The summed E-state index contributed by atoms with van der Waals surface area (Å²) in [6.07, 6.45) is 4.06. The number of aryl methyl sites for hydroxylation is 1. The molecule has 0 saturated heterocycles. The highest BCUT2D eigenvalue weighted by atomic mass is 32.1. The molecule has 0 bridgehead atoms. The molecule has 6 nitrogen and oxygen atoms in total. The molecule has 1 aliphatic rings. The summed E-state index contributed by atoms with van der Waals surface area (Å²) in [4.78, 5) is 28.6. The minimum Gasteiger partial charge on any atom is -0.441 e. The fourth-order valence-corrected chi connectivity index (χ4v) is 3.46. The quantitative estimate of drug-likeness (QED) is 0.629. The summed E-state index contributed by atoms with van der Waals surface area (Å²) in [5, 5.41) is 8.03. The number of amides is 2. The molecule has 2 amide bonds. The molecule has 3 aromatic rings. The van der Waals surface area contributed by atoms with Crippen LogP contribution in [0.15, 0.2) is 46.3 Å². The average Bonchev–Trinajstić information content (AvgIpc) is 3.18. The molecule has 0 aliphatic heterocycles. The number of halogens is 1. The second kappa shape index (κ2) is 7.93. The van der Waals surface area contributed by atoms with Crippen molar-refractivity contribution in [2.75, 3.05) is 5.32 Å². The topological polar surface area (TPSA) is 84.2 Å². The van der Waals surface area contributed by atoms with Crippen molar-refractivity contribution in [2.45, 2.75) is 31.7 Å². The number of carbonyl (C=O) groups excluding carboxylic acids is 2. The highest BCUT2D eigenvalue weighted by Gasteiger charge is 2.25. The van der Waals surface area contributed by atoms with Gasteiger partial charge in [-0.1, -0.05) is 0 Å². The van der Waals surface area contributed by atoms with Crippen molar-refractivity contribution in [3.63, 3.8) is 0 Å². The Morgan fingerprint density at radius 2 is 2.00 bits per heavy atom. The van der Waals surface area contributed by atoms with Crippen molar-refractivity contribution in [3.8, 4) is 11.3 Å². The zero-order chi connectivity index (χ0) is 19.5. The lowest BCUT2D eigenvalue weighted by Crippen LogP contribution is -2.26. The lowest BCUT2D eigenvalue weighted by atomic mass is 10.2. The molecular weight excluding hydrogens is 381 g/mol. The Labute approximate surface area is 164 Å². The van der Waals surface area contributed by atoms with Gasteiger partial charge >= 0.3 is 0 Å².